The van der Waals surface area contributed by atoms with Crippen LogP contribution < -0.4 is 9.80 Å². The van der Waals surface area contributed by atoms with Gasteiger partial charge in [0, 0.05) is 52.1 Å². The van der Waals surface area contributed by atoms with Crippen molar-refractivity contribution in [1.29, 1.82) is 0 Å². The molecular formula is C14H19ClN6O. The van der Waals surface area contributed by atoms with Gasteiger partial charge in [0.25, 0.3) is 0 Å². The molecule has 1 aliphatic heterocycles. The molecule has 0 aliphatic carbocycles. The quantitative estimate of drug-likeness (QED) is 0.774. The number of hydrogen-bond acceptors (Lipinski definition) is 6. The molecule has 7 nitrogen and oxygen atoms in total. The number of methoxy groups -OCH3 is 1. The smallest absolute Gasteiger partial charge is 0.224 e. The van der Waals surface area contributed by atoms with Crippen LogP contribution in [0.4, 0.5) is 11.5 Å². The van der Waals surface area contributed by atoms with Crippen LogP contribution in [-0.4, -0.2) is 53.1 Å². The maximum Gasteiger partial charge on any atom is 0.224 e. The first-order valence-corrected chi connectivity index (χ1v) is 7.54. The molecule has 0 N–H and O–H groups in total. The third-order valence-electron chi connectivity index (χ3n) is 3.70. The molecule has 0 atom stereocenters. The van der Waals surface area contributed by atoms with Crippen LogP contribution in [0.1, 0.15) is 5.56 Å². The first-order chi connectivity index (χ1) is 10.7. The molecule has 2 aromatic rings. The van der Waals surface area contributed by atoms with E-state index in [1.54, 1.807) is 13.3 Å². The summed E-state index contributed by atoms with van der Waals surface area (Å²) in [6.07, 6.45) is 5.70. The van der Waals surface area contributed by atoms with Crippen molar-refractivity contribution < 1.29 is 4.74 Å². The Morgan fingerprint density at radius 2 is 2.09 bits per heavy atom. The van der Waals surface area contributed by atoms with Crippen molar-refractivity contribution in [2.75, 3.05) is 43.2 Å². The van der Waals surface area contributed by atoms with E-state index >= 15 is 0 Å². The third-order valence-corrected chi connectivity index (χ3v) is 3.88. The largest absolute Gasteiger partial charge is 0.383 e. The minimum absolute atomic E-state index is 0.268. The zero-order valence-electron chi connectivity index (χ0n) is 12.7. The van der Waals surface area contributed by atoms with E-state index in [0.717, 1.165) is 43.2 Å². The van der Waals surface area contributed by atoms with Gasteiger partial charge >= 0.3 is 0 Å². The number of rotatable bonds is 5. The van der Waals surface area contributed by atoms with Crippen LogP contribution in [0, 0.1) is 0 Å². The van der Waals surface area contributed by atoms with Crippen molar-refractivity contribution in [3.63, 3.8) is 0 Å². The van der Waals surface area contributed by atoms with Crippen molar-refractivity contribution >= 4 is 23.1 Å². The molecule has 22 heavy (non-hydrogen) atoms. The van der Waals surface area contributed by atoms with Crippen molar-refractivity contribution in [3.05, 3.63) is 29.4 Å². The van der Waals surface area contributed by atoms with Gasteiger partial charge in [-0.2, -0.15) is 10.1 Å². The fraction of sp³-hybridized carbons (Fsp3) is 0.500. The molecule has 118 valence electrons. The standard InChI is InChI=1S/C14H19ClN6O/c1-19-9-11(7-17-19)10-21-4-3-20(5-6-22-2)13-12(21)8-16-14(15)18-13/h7-9H,3-6,10H2,1-2H3. The Kier molecular flexibility index (Phi) is 4.44. The lowest BCUT2D eigenvalue weighted by Crippen LogP contribution is -2.42. The summed E-state index contributed by atoms with van der Waals surface area (Å²) in [5, 5.41) is 4.49. The van der Waals surface area contributed by atoms with Gasteiger partial charge in [-0.25, -0.2) is 4.98 Å². The molecule has 0 bridgehead atoms. The Labute approximate surface area is 134 Å². The minimum Gasteiger partial charge on any atom is -0.383 e. The minimum atomic E-state index is 0.268. The second-order valence-corrected chi connectivity index (χ2v) is 5.61. The first kappa shape index (κ1) is 15.1. The molecule has 0 radical (unpaired) electrons. The zero-order chi connectivity index (χ0) is 15.5. The molecule has 0 saturated carbocycles. The van der Waals surface area contributed by atoms with E-state index in [2.05, 4.69) is 24.9 Å². The molecule has 0 amide bonds. The molecule has 1 aliphatic rings. The summed E-state index contributed by atoms with van der Waals surface area (Å²) < 4.78 is 6.98. The zero-order valence-corrected chi connectivity index (χ0v) is 13.5. The van der Waals surface area contributed by atoms with Crippen LogP contribution in [0.25, 0.3) is 0 Å². The van der Waals surface area contributed by atoms with Crippen molar-refractivity contribution in [1.82, 2.24) is 19.7 Å². The predicted octanol–water partition coefficient (Wildman–Crippen LogP) is 1.34. The van der Waals surface area contributed by atoms with E-state index in [9.17, 15) is 0 Å². The molecule has 0 spiro atoms. The van der Waals surface area contributed by atoms with Gasteiger partial charge in [0.1, 0.15) is 0 Å². The van der Waals surface area contributed by atoms with Gasteiger partial charge in [0.05, 0.1) is 24.7 Å². The van der Waals surface area contributed by atoms with Gasteiger partial charge < -0.3 is 14.5 Å². The molecule has 0 fully saturated rings. The van der Waals surface area contributed by atoms with Crippen LogP contribution >= 0.6 is 11.6 Å². The number of anilines is 2. The summed E-state index contributed by atoms with van der Waals surface area (Å²) in [7, 11) is 3.62. The van der Waals surface area contributed by atoms with E-state index in [1.165, 1.54) is 0 Å². The Morgan fingerprint density at radius 3 is 2.82 bits per heavy atom. The second kappa shape index (κ2) is 6.50. The first-order valence-electron chi connectivity index (χ1n) is 7.16. The van der Waals surface area contributed by atoms with Crippen molar-refractivity contribution in [3.8, 4) is 0 Å². The van der Waals surface area contributed by atoms with E-state index < -0.39 is 0 Å². The lowest BCUT2D eigenvalue weighted by molar-refractivity contribution is 0.205. The van der Waals surface area contributed by atoms with Crippen molar-refractivity contribution in [2.45, 2.75) is 6.54 Å². The number of hydrogen-bond donors (Lipinski definition) is 0. The molecule has 2 aromatic heterocycles. The number of aryl methyl sites for hydroxylation is 1. The Balaban J connectivity index is 1.85. The lowest BCUT2D eigenvalue weighted by atomic mass is 10.2. The molecule has 0 unspecified atom stereocenters. The summed E-state index contributed by atoms with van der Waals surface area (Å²) in [5.41, 5.74) is 2.16. The molecule has 0 saturated heterocycles. The van der Waals surface area contributed by atoms with Gasteiger partial charge in [-0.3, -0.25) is 4.68 Å². The van der Waals surface area contributed by atoms with Crippen LogP contribution in [0.5, 0.6) is 0 Å². The number of nitrogens with zero attached hydrogens (tertiary/aromatic N) is 6. The summed E-state index contributed by atoms with van der Waals surface area (Å²) >= 11 is 5.98. The Morgan fingerprint density at radius 1 is 1.27 bits per heavy atom. The Bertz CT molecular complexity index is 646. The van der Waals surface area contributed by atoms with Gasteiger partial charge in [-0.15, -0.1) is 0 Å². The van der Waals surface area contributed by atoms with Gasteiger partial charge in [0.2, 0.25) is 5.28 Å². The highest BCUT2D eigenvalue weighted by Gasteiger charge is 2.25. The summed E-state index contributed by atoms with van der Waals surface area (Å²) in [5.74, 6) is 0.868. The fourth-order valence-electron chi connectivity index (χ4n) is 2.63. The van der Waals surface area contributed by atoms with Crippen molar-refractivity contribution in [2.24, 2.45) is 7.05 Å². The second-order valence-electron chi connectivity index (χ2n) is 5.27. The van der Waals surface area contributed by atoms with Gasteiger partial charge in [-0.05, 0) is 11.6 Å². The summed E-state index contributed by atoms with van der Waals surface area (Å²) in [6.45, 7) is 4.01. The molecule has 8 heteroatoms. The van der Waals surface area contributed by atoms with Crippen LogP contribution in [0.3, 0.4) is 0 Å². The fourth-order valence-corrected chi connectivity index (χ4v) is 2.76. The molecule has 3 heterocycles. The highest BCUT2D eigenvalue weighted by Crippen LogP contribution is 2.32. The maximum atomic E-state index is 5.98. The van der Waals surface area contributed by atoms with E-state index in [4.69, 9.17) is 16.3 Å². The average Bonchev–Trinajstić information content (AvgIpc) is 2.91. The van der Waals surface area contributed by atoms with E-state index in [0.29, 0.717) is 6.61 Å². The Hall–Kier alpha value is -1.86. The summed E-state index contributed by atoms with van der Waals surface area (Å²) in [4.78, 5) is 13.0. The molecule has 0 aromatic carbocycles. The number of fused-ring (bicyclic) bond motifs is 1. The monoisotopic (exact) mass is 322 g/mol. The number of halogens is 1. The lowest BCUT2D eigenvalue weighted by Gasteiger charge is -2.37. The highest BCUT2D eigenvalue weighted by atomic mass is 35.5. The normalized spacial score (nSPS) is 14.3. The molecular weight excluding hydrogens is 304 g/mol. The molecule has 3 rings (SSSR count). The van der Waals surface area contributed by atoms with E-state index in [1.807, 2.05) is 24.1 Å². The maximum absolute atomic E-state index is 5.98. The summed E-state index contributed by atoms with van der Waals surface area (Å²) in [6, 6.07) is 0. The van der Waals surface area contributed by atoms with Gasteiger partial charge in [-0.1, -0.05) is 0 Å². The van der Waals surface area contributed by atoms with Gasteiger partial charge in [0.15, 0.2) is 5.82 Å². The number of ether oxygens (including phenoxy) is 1. The highest BCUT2D eigenvalue weighted by molar-refractivity contribution is 6.28. The van der Waals surface area contributed by atoms with Crippen LogP contribution in [0.15, 0.2) is 18.6 Å². The van der Waals surface area contributed by atoms with Crippen LogP contribution in [0.2, 0.25) is 5.28 Å². The SMILES string of the molecule is COCCN1CCN(Cc2cnn(C)c2)c2cnc(Cl)nc21. The number of aromatic nitrogens is 4. The predicted molar refractivity (Wildman–Crippen MR) is 85.4 cm³/mol. The van der Waals surface area contributed by atoms with Crippen LogP contribution in [-0.2, 0) is 18.3 Å². The third kappa shape index (κ3) is 3.15. The van der Waals surface area contributed by atoms with E-state index in [-0.39, 0.29) is 5.28 Å². The topological polar surface area (TPSA) is 59.3 Å². The average molecular weight is 323 g/mol.